The van der Waals surface area contributed by atoms with Crippen molar-refractivity contribution in [3.63, 3.8) is 0 Å². The molecule has 0 saturated heterocycles. The zero-order valence-corrected chi connectivity index (χ0v) is 13.5. The van der Waals surface area contributed by atoms with Crippen molar-refractivity contribution < 1.29 is 4.92 Å². The first kappa shape index (κ1) is 14.9. The van der Waals surface area contributed by atoms with Crippen molar-refractivity contribution in [3.05, 3.63) is 43.8 Å². The molecular formula is C11H11Br2N5O2. The van der Waals surface area contributed by atoms with Crippen molar-refractivity contribution in [2.24, 2.45) is 0 Å². The van der Waals surface area contributed by atoms with Gasteiger partial charge in [-0.15, -0.1) is 0 Å². The molecule has 0 bridgehead atoms. The number of anilines is 1. The Balaban J connectivity index is 1.92. The van der Waals surface area contributed by atoms with E-state index in [0.29, 0.717) is 8.95 Å². The summed E-state index contributed by atoms with van der Waals surface area (Å²) in [5.74, 6) is 0. The van der Waals surface area contributed by atoms with Crippen molar-refractivity contribution in [2.75, 3.05) is 11.9 Å². The minimum absolute atomic E-state index is 0.0261. The van der Waals surface area contributed by atoms with Gasteiger partial charge in [-0.3, -0.25) is 14.8 Å². The van der Waals surface area contributed by atoms with Gasteiger partial charge in [-0.1, -0.05) is 0 Å². The van der Waals surface area contributed by atoms with Gasteiger partial charge >= 0.3 is 0 Å². The Morgan fingerprint density at radius 2 is 2.05 bits per heavy atom. The van der Waals surface area contributed by atoms with Gasteiger partial charge < -0.3 is 5.32 Å². The van der Waals surface area contributed by atoms with Crippen LogP contribution in [0.25, 0.3) is 0 Å². The second-order valence-electron chi connectivity index (χ2n) is 3.98. The maximum Gasteiger partial charge on any atom is 0.297 e. The number of nitrogens with zero attached hydrogens (tertiary/aromatic N) is 4. The summed E-state index contributed by atoms with van der Waals surface area (Å²) in [5, 5.41) is 18.1. The standard InChI is InChI=1S/C11H11Br2N5O2/c12-9-4-8(5-10(13)11(9)18(19)20)15-2-1-3-17-7-14-6-16-17/h4-7,15H,1-3H2. The molecule has 0 aliphatic carbocycles. The highest BCUT2D eigenvalue weighted by atomic mass is 79.9. The number of aryl methyl sites for hydroxylation is 1. The van der Waals surface area contributed by atoms with Crippen LogP contribution in [0, 0.1) is 10.1 Å². The molecule has 0 saturated carbocycles. The van der Waals surface area contributed by atoms with E-state index in [1.807, 2.05) is 0 Å². The molecule has 0 unspecified atom stereocenters. The van der Waals surface area contributed by atoms with Crippen LogP contribution in [-0.2, 0) is 6.54 Å². The molecule has 0 amide bonds. The Kier molecular flexibility index (Phi) is 5.07. The molecule has 0 spiro atoms. The first-order valence-corrected chi connectivity index (χ1v) is 7.36. The van der Waals surface area contributed by atoms with Crippen LogP contribution in [0.2, 0.25) is 0 Å². The molecule has 0 atom stereocenters. The van der Waals surface area contributed by atoms with Crippen LogP contribution >= 0.6 is 31.9 Å². The van der Waals surface area contributed by atoms with Crippen molar-refractivity contribution in [3.8, 4) is 0 Å². The smallest absolute Gasteiger partial charge is 0.297 e. The lowest BCUT2D eigenvalue weighted by molar-refractivity contribution is -0.386. The van der Waals surface area contributed by atoms with Crippen LogP contribution in [0.3, 0.4) is 0 Å². The lowest BCUT2D eigenvalue weighted by Crippen LogP contribution is -2.07. The van der Waals surface area contributed by atoms with E-state index in [-0.39, 0.29) is 5.69 Å². The Morgan fingerprint density at radius 3 is 2.60 bits per heavy atom. The number of hydrogen-bond donors (Lipinski definition) is 1. The molecule has 1 aromatic carbocycles. The van der Waals surface area contributed by atoms with E-state index in [1.165, 1.54) is 6.33 Å². The number of halogens is 2. The number of nitrogens with one attached hydrogen (secondary N) is 1. The maximum absolute atomic E-state index is 10.9. The molecule has 0 fully saturated rings. The fraction of sp³-hybridized carbons (Fsp3) is 0.273. The van der Waals surface area contributed by atoms with E-state index >= 15 is 0 Å². The van der Waals surface area contributed by atoms with Crippen LogP contribution in [0.1, 0.15) is 6.42 Å². The van der Waals surface area contributed by atoms with Crippen molar-refractivity contribution in [2.45, 2.75) is 13.0 Å². The summed E-state index contributed by atoms with van der Waals surface area (Å²) in [6.45, 7) is 1.50. The van der Waals surface area contributed by atoms with E-state index in [9.17, 15) is 10.1 Å². The third-order valence-electron chi connectivity index (χ3n) is 2.56. The largest absolute Gasteiger partial charge is 0.385 e. The van der Waals surface area contributed by atoms with Gasteiger partial charge in [-0.25, -0.2) is 4.98 Å². The van der Waals surface area contributed by atoms with Gasteiger partial charge in [-0.2, -0.15) is 5.10 Å². The van der Waals surface area contributed by atoms with Gasteiger partial charge in [0.1, 0.15) is 12.7 Å². The Morgan fingerprint density at radius 1 is 1.35 bits per heavy atom. The molecule has 2 aromatic rings. The molecule has 20 heavy (non-hydrogen) atoms. The summed E-state index contributed by atoms with van der Waals surface area (Å²) >= 11 is 6.41. The predicted molar refractivity (Wildman–Crippen MR) is 81.6 cm³/mol. The average Bonchev–Trinajstić information content (AvgIpc) is 2.86. The molecule has 0 aliphatic rings. The second-order valence-corrected chi connectivity index (χ2v) is 5.69. The fourth-order valence-corrected chi connectivity index (χ4v) is 3.14. The lowest BCUT2D eigenvalue weighted by Gasteiger charge is -2.08. The van der Waals surface area contributed by atoms with E-state index in [2.05, 4.69) is 47.3 Å². The Hall–Kier alpha value is -1.48. The lowest BCUT2D eigenvalue weighted by atomic mass is 10.2. The van der Waals surface area contributed by atoms with E-state index in [4.69, 9.17) is 0 Å². The summed E-state index contributed by atoms with van der Waals surface area (Å²) in [6, 6.07) is 3.39. The van der Waals surface area contributed by atoms with Gasteiger partial charge in [0, 0.05) is 18.8 Å². The van der Waals surface area contributed by atoms with Crippen LogP contribution in [-0.4, -0.2) is 26.2 Å². The molecule has 0 aliphatic heterocycles. The van der Waals surface area contributed by atoms with Crippen molar-refractivity contribution in [1.29, 1.82) is 0 Å². The predicted octanol–water partition coefficient (Wildman–Crippen LogP) is 3.21. The summed E-state index contributed by atoms with van der Waals surface area (Å²) in [5.41, 5.74) is 0.839. The summed E-state index contributed by atoms with van der Waals surface area (Å²) in [4.78, 5) is 14.3. The van der Waals surface area contributed by atoms with Crippen LogP contribution in [0.5, 0.6) is 0 Å². The van der Waals surface area contributed by atoms with Gasteiger partial charge in [0.25, 0.3) is 5.69 Å². The van der Waals surface area contributed by atoms with E-state index < -0.39 is 4.92 Å². The molecule has 7 nitrogen and oxygen atoms in total. The topological polar surface area (TPSA) is 85.9 Å². The van der Waals surface area contributed by atoms with Crippen LogP contribution in [0.4, 0.5) is 11.4 Å². The maximum atomic E-state index is 10.9. The van der Waals surface area contributed by atoms with E-state index in [1.54, 1.807) is 23.1 Å². The molecule has 2 rings (SSSR count). The zero-order chi connectivity index (χ0) is 14.5. The normalized spacial score (nSPS) is 10.5. The second kappa shape index (κ2) is 6.80. The number of hydrogen-bond acceptors (Lipinski definition) is 5. The van der Waals surface area contributed by atoms with Gasteiger partial charge in [0.2, 0.25) is 0 Å². The number of nitro benzene ring substituents is 1. The Labute approximate surface area is 131 Å². The molecule has 1 aromatic heterocycles. The number of benzene rings is 1. The van der Waals surface area contributed by atoms with Crippen LogP contribution in [0.15, 0.2) is 33.7 Å². The first-order chi connectivity index (χ1) is 9.58. The highest BCUT2D eigenvalue weighted by Crippen LogP contribution is 2.35. The number of rotatable bonds is 6. The molecule has 0 radical (unpaired) electrons. The van der Waals surface area contributed by atoms with E-state index in [0.717, 1.165) is 25.2 Å². The van der Waals surface area contributed by atoms with Crippen molar-refractivity contribution >= 4 is 43.2 Å². The highest BCUT2D eigenvalue weighted by Gasteiger charge is 2.17. The van der Waals surface area contributed by atoms with Crippen molar-refractivity contribution in [1.82, 2.24) is 14.8 Å². The average molecular weight is 405 g/mol. The molecular weight excluding hydrogens is 394 g/mol. The third-order valence-corrected chi connectivity index (χ3v) is 3.77. The molecule has 106 valence electrons. The van der Waals surface area contributed by atoms with Crippen LogP contribution < -0.4 is 5.32 Å². The minimum atomic E-state index is -0.428. The summed E-state index contributed by atoms with van der Waals surface area (Å²) < 4.78 is 2.63. The molecule has 1 heterocycles. The van der Waals surface area contributed by atoms with Gasteiger partial charge in [0.05, 0.1) is 13.9 Å². The summed E-state index contributed by atoms with van der Waals surface area (Å²) in [6.07, 6.45) is 4.03. The minimum Gasteiger partial charge on any atom is -0.385 e. The number of aromatic nitrogens is 3. The fourth-order valence-electron chi connectivity index (χ4n) is 1.66. The highest BCUT2D eigenvalue weighted by molar-refractivity contribution is 9.11. The number of nitro groups is 1. The third kappa shape index (κ3) is 3.76. The zero-order valence-electron chi connectivity index (χ0n) is 10.3. The summed E-state index contributed by atoms with van der Waals surface area (Å²) in [7, 11) is 0. The molecule has 9 heteroatoms. The van der Waals surface area contributed by atoms with Gasteiger partial charge in [0.15, 0.2) is 0 Å². The Bertz CT molecular complexity index is 580. The SMILES string of the molecule is O=[N+]([O-])c1c(Br)cc(NCCCn2cncn2)cc1Br. The quantitative estimate of drug-likeness (QED) is 0.453. The first-order valence-electron chi connectivity index (χ1n) is 5.77. The monoisotopic (exact) mass is 403 g/mol. The van der Waals surface area contributed by atoms with Gasteiger partial charge in [-0.05, 0) is 50.4 Å². The molecule has 1 N–H and O–H groups in total.